The third-order valence-corrected chi connectivity index (χ3v) is 7.41. The van der Waals surface area contributed by atoms with Gasteiger partial charge in [-0.3, -0.25) is 4.79 Å². The van der Waals surface area contributed by atoms with Crippen LogP contribution >= 0.6 is 0 Å². The quantitative estimate of drug-likeness (QED) is 0.828. The first-order valence-corrected chi connectivity index (χ1v) is 11.1. The summed E-state index contributed by atoms with van der Waals surface area (Å²) < 4.78 is 27.4. The fraction of sp³-hybridized carbons (Fsp3) is 0.409. The lowest BCUT2D eigenvalue weighted by Gasteiger charge is -2.19. The fourth-order valence-corrected chi connectivity index (χ4v) is 5.52. The first-order chi connectivity index (χ1) is 13.2. The first-order valence-electron chi connectivity index (χ1n) is 9.69. The molecule has 2 aromatic carbocycles. The van der Waals surface area contributed by atoms with Crippen LogP contribution in [0.5, 0.6) is 0 Å². The molecular weight excluding hydrogens is 372 g/mol. The van der Waals surface area contributed by atoms with Crippen LogP contribution in [0, 0.1) is 20.8 Å². The van der Waals surface area contributed by atoms with Crippen LogP contribution in [0.3, 0.4) is 0 Å². The lowest BCUT2D eigenvalue weighted by Crippen LogP contribution is -2.30. The lowest BCUT2D eigenvalue weighted by atomic mass is 10.00. The van der Waals surface area contributed by atoms with E-state index in [9.17, 15) is 13.2 Å². The van der Waals surface area contributed by atoms with Gasteiger partial charge in [0.15, 0.2) is 0 Å². The summed E-state index contributed by atoms with van der Waals surface area (Å²) in [5, 5.41) is 2.99. The molecule has 1 heterocycles. The van der Waals surface area contributed by atoms with E-state index >= 15 is 0 Å². The van der Waals surface area contributed by atoms with Gasteiger partial charge in [-0.15, -0.1) is 0 Å². The van der Waals surface area contributed by atoms with Crippen molar-refractivity contribution in [3.8, 4) is 0 Å². The van der Waals surface area contributed by atoms with Gasteiger partial charge in [-0.1, -0.05) is 29.8 Å². The predicted octanol–water partition coefficient (Wildman–Crippen LogP) is 3.89. The second-order valence-electron chi connectivity index (χ2n) is 7.65. The van der Waals surface area contributed by atoms with Crippen molar-refractivity contribution in [1.82, 2.24) is 9.62 Å². The van der Waals surface area contributed by atoms with Crippen LogP contribution in [-0.4, -0.2) is 31.7 Å². The molecule has 0 bridgehead atoms. The van der Waals surface area contributed by atoms with Crippen molar-refractivity contribution in [3.63, 3.8) is 0 Å². The standard InChI is InChI=1S/C22H28N2O3S/c1-15-7-10-20(17(3)13-15)18(4)23-22(25)19-9-8-16(2)21(14-19)28(26,27)24-11-5-6-12-24/h7-10,13-14,18H,5-6,11-12H2,1-4H3,(H,23,25). The van der Waals surface area contributed by atoms with Crippen molar-refractivity contribution in [2.45, 2.75) is 51.5 Å². The largest absolute Gasteiger partial charge is 0.346 e. The summed E-state index contributed by atoms with van der Waals surface area (Å²) in [5.74, 6) is -0.273. The summed E-state index contributed by atoms with van der Waals surface area (Å²) in [6.45, 7) is 8.85. The minimum absolute atomic E-state index is 0.173. The zero-order chi connectivity index (χ0) is 20.5. The number of benzene rings is 2. The second-order valence-corrected chi connectivity index (χ2v) is 9.55. The van der Waals surface area contributed by atoms with Gasteiger partial charge in [-0.2, -0.15) is 4.31 Å². The molecule has 2 aromatic rings. The molecule has 0 aromatic heterocycles. The number of nitrogens with one attached hydrogen (secondary N) is 1. The van der Waals surface area contributed by atoms with Crippen LogP contribution in [0.4, 0.5) is 0 Å². The maximum atomic E-state index is 12.9. The molecular formula is C22H28N2O3S. The van der Waals surface area contributed by atoms with Gasteiger partial charge in [-0.25, -0.2) is 8.42 Å². The molecule has 0 radical (unpaired) electrons. The predicted molar refractivity (Wildman–Crippen MR) is 111 cm³/mol. The molecule has 1 unspecified atom stereocenters. The van der Waals surface area contributed by atoms with Crippen LogP contribution in [0.1, 0.15) is 58.4 Å². The molecule has 150 valence electrons. The van der Waals surface area contributed by atoms with E-state index in [-0.39, 0.29) is 16.8 Å². The van der Waals surface area contributed by atoms with Crippen molar-refractivity contribution in [3.05, 3.63) is 64.2 Å². The van der Waals surface area contributed by atoms with E-state index in [4.69, 9.17) is 0 Å². The molecule has 1 amide bonds. The Balaban J connectivity index is 1.84. The Labute approximate surface area is 167 Å². The van der Waals surface area contributed by atoms with E-state index in [0.717, 1.165) is 24.0 Å². The van der Waals surface area contributed by atoms with Crippen molar-refractivity contribution in [1.29, 1.82) is 0 Å². The Morgan fingerprint density at radius 2 is 1.68 bits per heavy atom. The lowest BCUT2D eigenvalue weighted by molar-refractivity contribution is 0.0939. The van der Waals surface area contributed by atoms with Gasteiger partial charge in [0.25, 0.3) is 5.91 Å². The van der Waals surface area contributed by atoms with Gasteiger partial charge < -0.3 is 5.32 Å². The van der Waals surface area contributed by atoms with E-state index in [1.54, 1.807) is 19.1 Å². The van der Waals surface area contributed by atoms with Gasteiger partial charge in [0.05, 0.1) is 10.9 Å². The molecule has 28 heavy (non-hydrogen) atoms. The summed E-state index contributed by atoms with van der Waals surface area (Å²) >= 11 is 0. The molecule has 1 N–H and O–H groups in total. The molecule has 1 atom stereocenters. The number of rotatable bonds is 5. The number of hydrogen-bond donors (Lipinski definition) is 1. The van der Waals surface area contributed by atoms with Gasteiger partial charge in [0.1, 0.15) is 0 Å². The maximum Gasteiger partial charge on any atom is 0.251 e. The van der Waals surface area contributed by atoms with E-state index < -0.39 is 10.0 Å². The average molecular weight is 401 g/mol. The zero-order valence-corrected chi connectivity index (χ0v) is 17.8. The van der Waals surface area contributed by atoms with E-state index in [0.29, 0.717) is 24.2 Å². The fourth-order valence-electron chi connectivity index (χ4n) is 3.76. The van der Waals surface area contributed by atoms with E-state index in [2.05, 4.69) is 11.4 Å². The summed E-state index contributed by atoms with van der Waals surface area (Å²) in [6, 6.07) is 10.9. The summed E-state index contributed by atoms with van der Waals surface area (Å²) in [5.41, 5.74) is 4.37. The SMILES string of the molecule is Cc1ccc(C(C)NC(=O)c2ccc(C)c(S(=O)(=O)N3CCCC3)c2)c(C)c1. The summed E-state index contributed by atoms with van der Waals surface area (Å²) in [4.78, 5) is 13.0. The summed E-state index contributed by atoms with van der Waals surface area (Å²) in [6.07, 6.45) is 1.76. The smallest absolute Gasteiger partial charge is 0.251 e. The van der Waals surface area contributed by atoms with Crippen molar-refractivity contribution in [2.24, 2.45) is 0 Å². The monoisotopic (exact) mass is 400 g/mol. The first kappa shape index (κ1) is 20.6. The zero-order valence-electron chi connectivity index (χ0n) is 17.0. The normalized spacial score (nSPS) is 16.1. The van der Waals surface area contributed by atoms with E-state index in [1.807, 2.05) is 32.9 Å². The minimum Gasteiger partial charge on any atom is -0.346 e. The summed E-state index contributed by atoms with van der Waals surface area (Å²) in [7, 11) is -3.56. The molecule has 1 aliphatic rings. The van der Waals surface area contributed by atoms with Gasteiger partial charge >= 0.3 is 0 Å². The molecule has 3 rings (SSSR count). The molecule has 1 saturated heterocycles. The van der Waals surface area contributed by atoms with Crippen LogP contribution in [0.15, 0.2) is 41.3 Å². The third-order valence-electron chi connectivity index (χ3n) is 5.37. The molecule has 0 saturated carbocycles. The molecule has 6 heteroatoms. The Bertz CT molecular complexity index is 993. The number of nitrogens with zero attached hydrogens (tertiary/aromatic N) is 1. The number of carbonyl (C=O) groups is 1. The Morgan fingerprint density at radius 1 is 1.00 bits per heavy atom. The van der Waals surface area contributed by atoms with Gasteiger partial charge in [0.2, 0.25) is 10.0 Å². The van der Waals surface area contributed by atoms with Crippen LogP contribution < -0.4 is 5.32 Å². The number of carbonyl (C=O) groups excluding carboxylic acids is 1. The number of hydrogen-bond acceptors (Lipinski definition) is 3. The molecule has 0 spiro atoms. The third kappa shape index (κ3) is 4.13. The molecule has 0 aliphatic carbocycles. The van der Waals surface area contributed by atoms with Crippen LogP contribution in [0.2, 0.25) is 0 Å². The van der Waals surface area contributed by atoms with Crippen LogP contribution in [-0.2, 0) is 10.0 Å². The second kappa shape index (κ2) is 8.05. The number of sulfonamides is 1. The van der Waals surface area contributed by atoms with Gasteiger partial charge in [-0.05, 0) is 69.4 Å². The Kier molecular flexibility index (Phi) is 5.91. The van der Waals surface area contributed by atoms with Crippen LogP contribution in [0.25, 0.3) is 0 Å². The van der Waals surface area contributed by atoms with E-state index in [1.165, 1.54) is 15.9 Å². The highest BCUT2D eigenvalue weighted by molar-refractivity contribution is 7.89. The average Bonchev–Trinajstić information content (AvgIpc) is 3.17. The Morgan fingerprint density at radius 3 is 2.32 bits per heavy atom. The maximum absolute atomic E-state index is 12.9. The van der Waals surface area contributed by atoms with Crippen molar-refractivity contribution >= 4 is 15.9 Å². The molecule has 5 nitrogen and oxygen atoms in total. The highest BCUT2D eigenvalue weighted by Gasteiger charge is 2.29. The number of amides is 1. The van der Waals surface area contributed by atoms with Crippen molar-refractivity contribution < 1.29 is 13.2 Å². The molecule has 1 aliphatic heterocycles. The molecule has 1 fully saturated rings. The van der Waals surface area contributed by atoms with Crippen molar-refractivity contribution in [2.75, 3.05) is 13.1 Å². The number of aryl methyl sites for hydroxylation is 3. The van der Waals surface area contributed by atoms with Gasteiger partial charge in [0, 0.05) is 18.7 Å². The topological polar surface area (TPSA) is 66.5 Å². The minimum atomic E-state index is -3.56. The highest BCUT2D eigenvalue weighted by atomic mass is 32.2. The Hall–Kier alpha value is -2.18. The highest BCUT2D eigenvalue weighted by Crippen LogP contribution is 2.25.